The summed E-state index contributed by atoms with van der Waals surface area (Å²) in [6.07, 6.45) is 5.81. The highest BCUT2D eigenvalue weighted by Crippen LogP contribution is 2.22. The van der Waals surface area contributed by atoms with Gasteiger partial charge in [-0.05, 0) is 47.9 Å². The predicted octanol–water partition coefficient (Wildman–Crippen LogP) is 4.12. The van der Waals surface area contributed by atoms with Crippen LogP contribution < -0.4 is 0 Å². The maximum Gasteiger partial charge on any atom is 0.216 e. The molecule has 0 fully saturated rings. The fraction of sp³-hybridized carbons (Fsp3) is 0.150. The van der Waals surface area contributed by atoms with Crippen LogP contribution in [0.25, 0.3) is 11.0 Å². The van der Waals surface area contributed by atoms with Crippen LogP contribution in [0.4, 0.5) is 8.78 Å². The van der Waals surface area contributed by atoms with Crippen molar-refractivity contribution < 1.29 is 8.78 Å². The number of nitrogens with zero attached hydrogens (tertiary/aromatic N) is 3. The second-order valence-electron chi connectivity index (χ2n) is 6.32. The standard InChI is InChI=1S/C20H16F2N4/c1-12-6-17-15(11-25-20(17)24-10-12)9-14-2-3-16(26-19(14)22)7-13-4-5-23-18(21)8-13/h2-6,8,10-11H,7,9H2,1H3,(H,24,25). The number of hydrogen-bond acceptors (Lipinski definition) is 3. The Morgan fingerprint density at radius 2 is 1.88 bits per heavy atom. The lowest BCUT2D eigenvalue weighted by molar-refractivity contribution is 0.564. The molecule has 0 radical (unpaired) electrons. The number of fused-ring (bicyclic) bond motifs is 1. The molecule has 4 rings (SSSR count). The molecule has 0 atom stereocenters. The minimum atomic E-state index is -0.553. The highest BCUT2D eigenvalue weighted by atomic mass is 19.1. The second-order valence-corrected chi connectivity index (χ2v) is 6.32. The molecule has 4 aromatic rings. The first-order chi connectivity index (χ1) is 12.6. The van der Waals surface area contributed by atoms with Crippen LogP contribution in [0.5, 0.6) is 0 Å². The number of rotatable bonds is 4. The summed E-state index contributed by atoms with van der Waals surface area (Å²) in [7, 11) is 0. The summed E-state index contributed by atoms with van der Waals surface area (Å²) in [5.41, 5.74) is 4.58. The zero-order valence-electron chi connectivity index (χ0n) is 14.1. The lowest BCUT2D eigenvalue weighted by Gasteiger charge is -2.06. The van der Waals surface area contributed by atoms with E-state index in [0.717, 1.165) is 22.2 Å². The first-order valence-electron chi connectivity index (χ1n) is 8.26. The van der Waals surface area contributed by atoms with Gasteiger partial charge >= 0.3 is 0 Å². The molecule has 26 heavy (non-hydrogen) atoms. The van der Waals surface area contributed by atoms with Gasteiger partial charge in [0, 0.05) is 48.1 Å². The van der Waals surface area contributed by atoms with Gasteiger partial charge in [0.25, 0.3) is 0 Å². The summed E-state index contributed by atoms with van der Waals surface area (Å²) in [4.78, 5) is 15.0. The number of halogens is 2. The van der Waals surface area contributed by atoms with Crippen molar-refractivity contribution in [3.63, 3.8) is 0 Å². The van der Waals surface area contributed by atoms with Crippen LogP contribution in [-0.4, -0.2) is 19.9 Å². The zero-order chi connectivity index (χ0) is 18.1. The molecule has 0 spiro atoms. The van der Waals surface area contributed by atoms with Gasteiger partial charge in [-0.15, -0.1) is 0 Å². The van der Waals surface area contributed by atoms with Crippen molar-refractivity contribution in [2.75, 3.05) is 0 Å². The van der Waals surface area contributed by atoms with E-state index in [4.69, 9.17) is 0 Å². The van der Waals surface area contributed by atoms with E-state index in [1.54, 1.807) is 24.4 Å². The van der Waals surface area contributed by atoms with Gasteiger partial charge in [0.15, 0.2) is 0 Å². The van der Waals surface area contributed by atoms with Crippen LogP contribution >= 0.6 is 0 Å². The molecule has 4 aromatic heterocycles. The average molecular weight is 350 g/mol. The molecular weight excluding hydrogens is 334 g/mol. The van der Waals surface area contributed by atoms with E-state index in [9.17, 15) is 8.78 Å². The Kier molecular flexibility index (Phi) is 4.16. The molecule has 0 aliphatic rings. The smallest absolute Gasteiger partial charge is 0.216 e. The van der Waals surface area contributed by atoms with Crippen molar-refractivity contribution >= 4 is 11.0 Å². The van der Waals surface area contributed by atoms with Crippen molar-refractivity contribution in [1.29, 1.82) is 0 Å². The Morgan fingerprint density at radius 1 is 1.00 bits per heavy atom. The topological polar surface area (TPSA) is 54.5 Å². The molecular formula is C20H16F2N4. The zero-order valence-corrected chi connectivity index (χ0v) is 14.1. The van der Waals surface area contributed by atoms with Crippen molar-refractivity contribution in [1.82, 2.24) is 19.9 Å². The monoisotopic (exact) mass is 350 g/mol. The van der Waals surface area contributed by atoms with Gasteiger partial charge in [-0.3, -0.25) is 0 Å². The largest absolute Gasteiger partial charge is 0.346 e. The van der Waals surface area contributed by atoms with Crippen molar-refractivity contribution in [2.45, 2.75) is 19.8 Å². The Bertz CT molecular complexity index is 1090. The summed E-state index contributed by atoms with van der Waals surface area (Å²) >= 11 is 0. The van der Waals surface area contributed by atoms with Crippen LogP contribution in [-0.2, 0) is 12.8 Å². The van der Waals surface area contributed by atoms with Crippen LogP contribution in [0.3, 0.4) is 0 Å². The fourth-order valence-electron chi connectivity index (χ4n) is 3.01. The average Bonchev–Trinajstić information content (AvgIpc) is 2.99. The van der Waals surface area contributed by atoms with E-state index in [2.05, 4.69) is 19.9 Å². The molecule has 0 saturated carbocycles. The highest BCUT2D eigenvalue weighted by Gasteiger charge is 2.11. The van der Waals surface area contributed by atoms with E-state index in [1.165, 1.54) is 12.3 Å². The Labute approximate surface area is 149 Å². The minimum Gasteiger partial charge on any atom is -0.346 e. The fourth-order valence-corrected chi connectivity index (χ4v) is 3.01. The van der Waals surface area contributed by atoms with Gasteiger partial charge in [0.2, 0.25) is 11.9 Å². The Morgan fingerprint density at radius 3 is 2.69 bits per heavy atom. The van der Waals surface area contributed by atoms with Gasteiger partial charge in [-0.2, -0.15) is 8.78 Å². The first kappa shape index (κ1) is 16.3. The molecule has 0 bridgehead atoms. The van der Waals surface area contributed by atoms with E-state index < -0.39 is 11.9 Å². The van der Waals surface area contributed by atoms with E-state index in [0.29, 0.717) is 29.7 Å². The van der Waals surface area contributed by atoms with Crippen LogP contribution in [0, 0.1) is 18.8 Å². The lowest BCUT2D eigenvalue weighted by Crippen LogP contribution is -2.01. The van der Waals surface area contributed by atoms with Gasteiger partial charge in [-0.25, -0.2) is 15.0 Å². The summed E-state index contributed by atoms with van der Waals surface area (Å²) in [6, 6.07) is 8.56. The molecule has 6 heteroatoms. The Hall–Kier alpha value is -3.15. The third-order valence-electron chi connectivity index (χ3n) is 4.29. The SMILES string of the molecule is Cc1cnc2[nH]cc(Cc3ccc(Cc4ccnc(F)c4)nc3F)c2c1. The number of hydrogen-bond donors (Lipinski definition) is 1. The van der Waals surface area contributed by atoms with Gasteiger partial charge in [0.05, 0.1) is 0 Å². The summed E-state index contributed by atoms with van der Waals surface area (Å²) < 4.78 is 27.6. The molecule has 0 saturated heterocycles. The molecule has 4 nitrogen and oxygen atoms in total. The number of H-pyrrole nitrogens is 1. The van der Waals surface area contributed by atoms with Crippen molar-refractivity contribution in [3.8, 4) is 0 Å². The minimum absolute atomic E-state index is 0.354. The van der Waals surface area contributed by atoms with Gasteiger partial charge < -0.3 is 4.98 Å². The molecule has 0 unspecified atom stereocenters. The number of aromatic amines is 1. The number of nitrogens with one attached hydrogen (secondary N) is 1. The molecule has 0 aliphatic carbocycles. The molecule has 130 valence electrons. The highest BCUT2D eigenvalue weighted by molar-refractivity contribution is 5.80. The van der Waals surface area contributed by atoms with Gasteiger partial charge in [-0.1, -0.05) is 6.07 Å². The molecule has 0 aliphatic heterocycles. The normalized spacial score (nSPS) is 11.2. The first-order valence-corrected chi connectivity index (χ1v) is 8.26. The second kappa shape index (κ2) is 6.63. The summed E-state index contributed by atoms with van der Waals surface area (Å²) in [6.45, 7) is 1.97. The Balaban J connectivity index is 1.58. The lowest BCUT2D eigenvalue weighted by atomic mass is 10.0. The summed E-state index contributed by atoms with van der Waals surface area (Å²) in [5, 5.41) is 0.987. The van der Waals surface area contributed by atoms with Gasteiger partial charge in [0.1, 0.15) is 5.65 Å². The molecule has 4 heterocycles. The maximum absolute atomic E-state index is 14.5. The predicted molar refractivity (Wildman–Crippen MR) is 94.8 cm³/mol. The van der Waals surface area contributed by atoms with Crippen molar-refractivity contribution in [3.05, 3.63) is 88.8 Å². The van der Waals surface area contributed by atoms with Crippen molar-refractivity contribution in [2.24, 2.45) is 0 Å². The molecule has 0 amide bonds. The molecule has 1 N–H and O–H groups in total. The quantitative estimate of drug-likeness (QED) is 0.563. The third-order valence-corrected chi connectivity index (χ3v) is 4.29. The van der Waals surface area contributed by atoms with Crippen LogP contribution in [0.1, 0.15) is 27.9 Å². The number of aromatic nitrogens is 4. The third kappa shape index (κ3) is 3.31. The van der Waals surface area contributed by atoms with E-state index in [1.807, 2.05) is 19.2 Å². The number of pyridine rings is 3. The van der Waals surface area contributed by atoms with Crippen LogP contribution in [0.2, 0.25) is 0 Å². The molecule has 0 aromatic carbocycles. The van der Waals surface area contributed by atoms with E-state index >= 15 is 0 Å². The van der Waals surface area contributed by atoms with Crippen LogP contribution in [0.15, 0.2) is 48.9 Å². The van der Waals surface area contributed by atoms with E-state index in [-0.39, 0.29) is 0 Å². The maximum atomic E-state index is 14.5. The number of aryl methyl sites for hydroxylation is 1. The summed E-state index contributed by atoms with van der Waals surface area (Å²) in [5.74, 6) is -1.06.